The molecule has 1 heterocycles. The van der Waals surface area contributed by atoms with Crippen molar-refractivity contribution in [3.63, 3.8) is 0 Å². The first-order chi connectivity index (χ1) is 9.18. The molecule has 0 atom stereocenters. The Hall–Kier alpha value is -2.31. The topological polar surface area (TPSA) is 49.4 Å². The van der Waals surface area contributed by atoms with Crippen LogP contribution in [-0.2, 0) is 15.8 Å². The lowest BCUT2D eigenvalue weighted by Crippen LogP contribution is -2.36. The zero-order chi connectivity index (χ0) is 15.1. The second kappa shape index (κ2) is 4.66. The minimum atomic E-state index is -4.49. The largest absolute Gasteiger partial charge is 0.416 e. The number of alkyl halides is 3. The van der Waals surface area contributed by atoms with Crippen LogP contribution in [0.5, 0.6) is 0 Å². The average Bonchev–Trinajstić information content (AvgIpc) is 2.54. The molecule has 7 heteroatoms. The second-order valence-electron chi connectivity index (χ2n) is 4.50. The maximum absolute atomic E-state index is 12.7. The molecule has 4 nitrogen and oxygen atoms in total. The van der Waals surface area contributed by atoms with Gasteiger partial charge in [0.25, 0.3) is 11.8 Å². The summed E-state index contributed by atoms with van der Waals surface area (Å²) < 4.78 is 38.1. The predicted octanol–water partition coefficient (Wildman–Crippen LogP) is 2.66. The number of rotatable bonds is 2. The van der Waals surface area contributed by atoms with Gasteiger partial charge in [-0.15, -0.1) is 0 Å². The molecule has 20 heavy (non-hydrogen) atoms. The number of anilines is 1. The fourth-order valence-electron chi connectivity index (χ4n) is 1.83. The van der Waals surface area contributed by atoms with Gasteiger partial charge in [-0.3, -0.25) is 15.0 Å². The molecule has 1 aromatic rings. The molecule has 0 fully saturated rings. The Balaban J connectivity index is 2.29. The third-order valence-corrected chi connectivity index (χ3v) is 2.75. The Labute approximate surface area is 112 Å². The molecule has 0 saturated carbocycles. The average molecular weight is 284 g/mol. The van der Waals surface area contributed by atoms with Crippen LogP contribution in [0.15, 0.2) is 29.8 Å². The Morgan fingerprint density at radius 2 is 1.75 bits per heavy atom. The van der Waals surface area contributed by atoms with E-state index >= 15 is 0 Å². The van der Waals surface area contributed by atoms with Crippen LogP contribution in [0.4, 0.5) is 18.9 Å². The minimum Gasteiger partial charge on any atom is -0.288 e. The van der Waals surface area contributed by atoms with E-state index in [2.05, 4.69) is 5.43 Å². The third-order valence-electron chi connectivity index (χ3n) is 2.75. The summed E-state index contributed by atoms with van der Waals surface area (Å²) in [6.45, 7) is 2.96. The van der Waals surface area contributed by atoms with Gasteiger partial charge in [0.2, 0.25) is 0 Å². The van der Waals surface area contributed by atoms with E-state index in [1.54, 1.807) is 0 Å². The van der Waals surface area contributed by atoms with Gasteiger partial charge in [0, 0.05) is 11.6 Å². The number of benzene rings is 1. The molecule has 0 bridgehead atoms. The Bertz CT molecular complexity index is 621. The molecule has 0 unspecified atom stereocenters. The highest BCUT2D eigenvalue weighted by Crippen LogP contribution is 2.32. The van der Waals surface area contributed by atoms with E-state index in [9.17, 15) is 22.8 Å². The number of aryl methyl sites for hydroxylation is 1. The molecule has 0 aliphatic carbocycles. The van der Waals surface area contributed by atoms with Crippen LogP contribution in [0.2, 0.25) is 0 Å². The second-order valence-corrected chi connectivity index (χ2v) is 4.50. The van der Waals surface area contributed by atoms with Crippen molar-refractivity contribution in [2.75, 3.05) is 5.43 Å². The van der Waals surface area contributed by atoms with E-state index < -0.39 is 23.6 Å². The van der Waals surface area contributed by atoms with Crippen molar-refractivity contribution in [1.82, 2.24) is 5.01 Å². The van der Waals surface area contributed by atoms with Crippen molar-refractivity contribution in [1.29, 1.82) is 0 Å². The molecule has 0 spiro atoms. The van der Waals surface area contributed by atoms with Crippen molar-refractivity contribution in [3.8, 4) is 0 Å². The summed E-state index contributed by atoms with van der Waals surface area (Å²) in [4.78, 5) is 23.1. The molecule has 0 radical (unpaired) electrons. The lowest BCUT2D eigenvalue weighted by molar-refractivity contribution is -0.137. The highest BCUT2D eigenvalue weighted by atomic mass is 19.4. The first-order valence-corrected chi connectivity index (χ1v) is 5.71. The Morgan fingerprint density at radius 1 is 1.10 bits per heavy atom. The molecule has 1 aromatic carbocycles. The number of carbonyl (C=O) groups is 2. The highest BCUT2D eigenvalue weighted by molar-refractivity contribution is 6.16. The van der Waals surface area contributed by atoms with E-state index in [1.807, 2.05) is 0 Å². The zero-order valence-electron chi connectivity index (χ0n) is 10.7. The van der Waals surface area contributed by atoms with Crippen molar-refractivity contribution < 1.29 is 22.8 Å². The van der Waals surface area contributed by atoms with Crippen LogP contribution in [0.3, 0.4) is 0 Å². The van der Waals surface area contributed by atoms with Crippen LogP contribution in [0.25, 0.3) is 0 Å². The molecule has 1 N–H and O–H groups in total. The van der Waals surface area contributed by atoms with Crippen LogP contribution in [-0.4, -0.2) is 16.8 Å². The van der Waals surface area contributed by atoms with Gasteiger partial charge in [0.1, 0.15) is 0 Å². The van der Waals surface area contributed by atoms with Gasteiger partial charge in [-0.25, -0.2) is 0 Å². The van der Waals surface area contributed by atoms with Gasteiger partial charge in [0.05, 0.1) is 11.3 Å². The summed E-state index contributed by atoms with van der Waals surface area (Å²) in [5.41, 5.74) is 2.19. The SMILES string of the molecule is CC1=CC(=O)N(Nc2cc(C)cc(C(F)(F)F)c2)C1=O. The molecule has 0 saturated heterocycles. The summed E-state index contributed by atoms with van der Waals surface area (Å²) in [6, 6.07) is 3.26. The fourth-order valence-corrected chi connectivity index (χ4v) is 1.83. The quantitative estimate of drug-likeness (QED) is 0.849. The number of amides is 2. The first-order valence-electron chi connectivity index (χ1n) is 5.71. The molecular formula is C13H11F3N2O2. The molecule has 1 aliphatic rings. The van der Waals surface area contributed by atoms with E-state index in [1.165, 1.54) is 19.9 Å². The molecule has 106 valence electrons. The molecule has 2 amide bonds. The van der Waals surface area contributed by atoms with Crippen LogP contribution < -0.4 is 5.43 Å². The third kappa shape index (κ3) is 2.66. The maximum atomic E-state index is 12.7. The van der Waals surface area contributed by atoms with Gasteiger partial charge in [-0.2, -0.15) is 18.2 Å². The van der Waals surface area contributed by atoms with Gasteiger partial charge in [-0.05, 0) is 37.6 Å². The van der Waals surface area contributed by atoms with Crippen molar-refractivity contribution in [3.05, 3.63) is 41.0 Å². The summed E-state index contributed by atoms with van der Waals surface area (Å²) in [7, 11) is 0. The molecule has 0 aromatic heterocycles. The van der Waals surface area contributed by atoms with Gasteiger partial charge < -0.3 is 0 Å². The number of hydrogen-bond donors (Lipinski definition) is 1. The maximum Gasteiger partial charge on any atom is 0.416 e. The van der Waals surface area contributed by atoms with Crippen LogP contribution in [0, 0.1) is 6.92 Å². The number of halogens is 3. The van der Waals surface area contributed by atoms with Gasteiger partial charge in [0.15, 0.2) is 0 Å². The Morgan fingerprint density at radius 3 is 2.25 bits per heavy atom. The number of hydrogen-bond acceptors (Lipinski definition) is 3. The van der Waals surface area contributed by atoms with E-state index in [0.717, 1.165) is 18.2 Å². The molecule has 1 aliphatic heterocycles. The van der Waals surface area contributed by atoms with Crippen molar-refractivity contribution >= 4 is 17.5 Å². The minimum absolute atomic E-state index is 0.0297. The highest BCUT2D eigenvalue weighted by Gasteiger charge is 2.32. The van der Waals surface area contributed by atoms with E-state index in [-0.39, 0.29) is 11.3 Å². The first kappa shape index (κ1) is 14.1. The lowest BCUT2D eigenvalue weighted by atomic mass is 10.1. The van der Waals surface area contributed by atoms with Crippen LogP contribution >= 0.6 is 0 Å². The lowest BCUT2D eigenvalue weighted by Gasteiger charge is -2.18. The van der Waals surface area contributed by atoms with Crippen molar-refractivity contribution in [2.45, 2.75) is 20.0 Å². The number of hydrazine groups is 1. The monoisotopic (exact) mass is 284 g/mol. The number of nitrogens with one attached hydrogen (secondary N) is 1. The van der Waals surface area contributed by atoms with Crippen LogP contribution in [0.1, 0.15) is 18.1 Å². The van der Waals surface area contributed by atoms with E-state index in [4.69, 9.17) is 0 Å². The normalized spacial score (nSPS) is 15.7. The van der Waals surface area contributed by atoms with E-state index in [0.29, 0.717) is 10.6 Å². The predicted molar refractivity (Wildman–Crippen MR) is 65.4 cm³/mol. The summed E-state index contributed by atoms with van der Waals surface area (Å²) in [5.74, 6) is -1.19. The number of imide groups is 1. The zero-order valence-corrected chi connectivity index (χ0v) is 10.7. The standard InChI is InChI=1S/C13H11F3N2O2/c1-7-3-9(13(14,15)16)6-10(4-7)17-18-11(19)5-8(2)12(18)20/h3-6,17H,1-2H3. The molecular weight excluding hydrogens is 273 g/mol. The van der Waals surface area contributed by atoms with Gasteiger partial charge >= 0.3 is 6.18 Å². The molecule has 2 rings (SSSR count). The smallest absolute Gasteiger partial charge is 0.288 e. The fraction of sp³-hybridized carbons (Fsp3) is 0.231. The Kier molecular flexibility index (Phi) is 3.29. The number of nitrogens with zero attached hydrogens (tertiary/aromatic N) is 1. The van der Waals surface area contributed by atoms with Gasteiger partial charge in [-0.1, -0.05) is 0 Å². The van der Waals surface area contributed by atoms with Crippen molar-refractivity contribution in [2.24, 2.45) is 0 Å². The summed E-state index contributed by atoms with van der Waals surface area (Å²) in [6.07, 6.45) is -3.37. The number of carbonyl (C=O) groups excluding carboxylic acids is 2. The summed E-state index contributed by atoms with van der Waals surface area (Å²) >= 11 is 0. The summed E-state index contributed by atoms with van der Waals surface area (Å²) in [5, 5.41) is 0.685.